The molecule has 6 heteroatoms. The van der Waals surface area contributed by atoms with Gasteiger partial charge in [0.2, 0.25) is 0 Å². The zero-order valence-electron chi connectivity index (χ0n) is 10.2. The Labute approximate surface area is 119 Å². The first-order chi connectivity index (χ1) is 8.37. The first-order valence-corrected chi connectivity index (χ1v) is 6.53. The molecule has 0 radical (unpaired) electrons. The minimum Gasteiger partial charge on any atom is -0.480 e. The molecular weight excluding hydrogens is 347 g/mol. The molecule has 0 aliphatic carbocycles. The molecule has 0 aromatic heterocycles. The molecule has 2 amide bonds. The van der Waals surface area contributed by atoms with Crippen LogP contribution in [0.25, 0.3) is 0 Å². The van der Waals surface area contributed by atoms with Crippen molar-refractivity contribution in [2.45, 2.75) is 25.8 Å². The highest BCUT2D eigenvalue weighted by Crippen LogP contribution is 2.13. The van der Waals surface area contributed by atoms with E-state index in [0.717, 1.165) is 3.57 Å². The molecule has 0 spiro atoms. The number of carbonyl (C=O) groups excluding carboxylic acids is 1. The van der Waals surface area contributed by atoms with Crippen molar-refractivity contribution in [1.82, 2.24) is 5.32 Å². The van der Waals surface area contributed by atoms with Crippen molar-refractivity contribution in [3.63, 3.8) is 0 Å². The first kappa shape index (κ1) is 14.7. The van der Waals surface area contributed by atoms with Crippen LogP contribution in [0.1, 0.15) is 20.3 Å². The fraction of sp³-hybridized carbons (Fsp3) is 0.333. The smallest absolute Gasteiger partial charge is 0.329 e. The van der Waals surface area contributed by atoms with Crippen LogP contribution >= 0.6 is 22.6 Å². The van der Waals surface area contributed by atoms with E-state index in [9.17, 15) is 9.59 Å². The maximum Gasteiger partial charge on any atom is 0.329 e. The summed E-state index contributed by atoms with van der Waals surface area (Å²) in [5.41, 5.74) is -0.635. The normalized spacial score (nSPS) is 13.5. The van der Waals surface area contributed by atoms with Gasteiger partial charge >= 0.3 is 12.0 Å². The second kappa shape index (κ2) is 6.03. The number of urea groups is 1. The summed E-state index contributed by atoms with van der Waals surface area (Å²) < 4.78 is 1.06. The van der Waals surface area contributed by atoms with E-state index in [2.05, 4.69) is 33.2 Å². The van der Waals surface area contributed by atoms with Gasteiger partial charge in [0.15, 0.2) is 0 Å². The number of anilines is 1. The molecule has 0 unspecified atom stereocenters. The lowest BCUT2D eigenvalue weighted by atomic mass is 10.00. The topological polar surface area (TPSA) is 78.4 Å². The van der Waals surface area contributed by atoms with Crippen LogP contribution in [-0.2, 0) is 4.79 Å². The van der Waals surface area contributed by atoms with Crippen LogP contribution in [0.15, 0.2) is 24.3 Å². The number of benzene rings is 1. The minimum absolute atomic E-state index is 0.308. The monoisotopic (exact) mass is 362 g/mol. The molecule has 0 bridgehead atoms. The zero-order chi connectivity index (χ0) is 13.8. The van der Waals surface area contributed by atoms with E-state index >= 15 is 0 Å². The van der Waals surface area contributed by atoms with Gasteiger partial charge in [-0.1, -0.05) is 6.92 Å². The van der Waals surface area contributed by atoms with Crippen molar-refractivity contribution >= 4 is 40.3 Å². The van der Waals surface area contributed by atoms with E-state index in [1.54, 1.807) is 19.1 Å². The molecule has 18 heavy (non-hydrogen) atoms. The lowest BCUT2D eigenvalue weighted by Crippen LogP contribution is -2.53. The van der Waals surface area contributed by atoms with Gasteiger partial charge in [-0.2, -0.15) is 0 Å². The van der Waals surface area contributed by atoms with Crippen LogP contribution in [0.4, 0.5) is 10.5 Å². The van der Waals surface area contributed by atoms with E-state index in [1.165, 1.54) is 6.92 Å². The van der Waals surface area contributed by atoms with Crippen LogP contribution in [0, 0.1) is 3.57 Å². The van der Waals surface area contributed by atoms with Gasteiger partial charge < -0.3 is 15.7 Å². The van der Waals surface area contributed by atoms with Crippen molar-refractivity contribution in [2.75, 3.05) is 5.32 Å². The standard InChI is InChI=1S/C12H15IN2O3/c1-3-12(2,10(16)17)15-11(18)14-9-6-4-8(13)5-7-9/h4-7H,3H2,1-2H3,(H,16,17)(H2,14,15,18)/t12-/m0/s1. The van der Waals surface area contributed by atoms with E-state index in [-0.39, 0.29) is 0 Å². The predicted molar refractivity (Wildman–Crippen MR) is 77.6 cm³/mol. The van der Waals surface area contributed by atoms with E-state index in [1.807, 2.05) is 12.1 Å². The Kier molecular flexibility index (Phi) is 4.94. The van der Waals surface area contributed by atoms with Gasteiger partial charge in [-0.05, 0) is 60.2 Å². The highest BCUT2D eigenvalue weighted by atomic mass is 127. The summed E-state index contributed by atoms with van der Waals surface area (Å²) >= 11 is 2.16. The fourth-order valence-electron chi connectivity index (χ4n) is 1.24. The average molecular weight is 362 g/mol. The van der Waals surface area contributed by atoms with Gasteiger partial charge in [-0.15, -0.1) is 0 Å². The molecule has 0 heterocycles. The van der Waals surface area contributed by atoms with E-state index in [4.69, 9.17) is 5.11 Å². The Balaban J connectivity index is 2.66. The molecule has 0 aliphatic heterocycles. The lowest BCUT2D eigenvalue weighted by Gasteiger charge is -2.24. The molecule has 1 rings (SSSR count). The number of halogens is 1. The number of hydrogen-bond acceptors (Lipinski definition) is 2. The summed E-state index contributed by atoms with van der Waals surface area (Å²) in [6, 6.07) is 6.69. The van der Waals surface area contributed by atoms with Gasteiger partial charge in [0, 0.05) is 9.26 Å². The van der Waals surface area contributed by atoms with Crippen molar-refractivity contribution < 1.29 is 14.7 Å². The largest absolute Gasteiger partial charge is 0.480 e. The molecule has 0 fully saturated rings. The fourth-order valence-corrected chi connectivity index (χ4v) is 1.60. The van der Waals surface area contributed by atoms with Gasteiger partial charge in [0.05, 0.1) is 0 Å². The quantitative estimate of drug-likeness (QED) is 0.721. The molecule has 0 aliphatic rings. The molecule has 0 saturated heterocycles. The lowest BCUT2D eigenvalue weighted by molar-refractivity contribution is -0.143. The third-order valence-electron chi connectivity index (χ3n) is 2.67. The summed E-state index contributed by atoms with van der Waals surface area (Å²) in [6.07, 6.45) is 0.308. The molecule has 0 saturated carbocycles. The van der Waals surface area contributed by atoms with E-state index in [0.29, 0.717) is 12.1 Å². The van der Waals surface area contributed by atoms with E-state index < -0.39 is 17.5 Å². The number of amides is 2. The Hall–Kier alpha value is -1.31. The van der Waals surface area contributed by atoms with Crippen molar-refractivity contribution in [3.8, 4) is 0 Å². The SMILES string of the molecule is CC[C@](C)(NC(=O)Nc1ccc(I)cc1)C(=O)O. The molecule has 1 aromatic carbocycles. The number of carbonyl (C=O) groups is 2. The highest BCUT2D eigenvalue weighted by molar-refractivity contribution is 14.1. The third kappa shape index (κ3) is 3.86. The Morgan fingerprint density at radius 1 is 1.33 bits per heavy atom. The maximum absolute atomic E-state index is 11.7. The van der Waals surface area contributed by atoms with Gasteiger partial charge in [0.1, 0.15) is 5.54 Å². The molecule has 98 valence electrons. The van der Waals surface area contributed by atoms with Crippen LogP contribution in [0.5, 0.6) is 0 Å². The first-order valence-electron chi connectivity index (χ1n) is 5.45. The summed E-state index contributed by atoms with van der Waals surface area (Å²) in [5.74, 6) is -1.05. The summed E-state index contributed by atoms with van der Waals surface area (Å²) in [5, 5.41) is 14.1. The number of nitrogens with one attached hydrogen (secondary N) is 2. The van der Waals surface area contributed by atoms with Crippen molar-refractivity contribution in [1.29, 1.82) is 0 Å². The van der Waals surface area contributed by atoms with Crippen LogP contribution in [0.2, 0.25) is 0 Å². The van der Waals surface area contributed by atoms with Gasteiger partial charge in [-0.3, -0.25) is 0 Å². The third-order valence-corrected chi connectivity index (χ3v) is 3.39. The summed E-state index contributed by atoms with van der Waals surface area (Å²) in [6.45, 7) is 3.18. The van der Waals surface area contributed by atoms with Crippen molar-refractivity contribution in [3.05, 3.63) is 27.8 Å². The van der Waals surface area contributed by atoms with Crippen LogP contribution < -0.4 is 10.6 Å². The average Bonchev–Trinajstić information content (AvgIpc) is 2.31. The number of carboxylic acids is 1. The Morgan fingerprint density at radius 3 is 2.33 bits per heavy atom. The van der Waals surface area contributed by atoms with Gasteiger partial charge in [-0.25, -0.2) is 9.59 Å². The predicted octanol–water partition coefficient (Wildman–Crippen LogP) is 2.67. The van der Waals surface area contributed by atoms with Crippen LogP contribution in [0.3, 0.4) is 0 Å². The molecule has 1 aromatic rings. The Morgan fingerprint density at radius 2 is 1.89 bits per heavy atom. The molecule has 1 atom stereocenters. The second-order valence-corrected chi connectivity index (χ2v) is 5.32. The van der Waals surface area contributed by atoms with Gasteiger partial charge in [0.25, 0.3) is 0 Å². The number of hydrogen-bond donors (Lipinski definition) is 3. The van der Waals surface area contributed by atoms with Crippen molar-refractivity contribution in [2.24, 2.45) is 0 Å². The maximum atomic E-state index is 11.7. The molecule has 3 N–H and O–H groups in total. The summed E-state index contributed by atoms with van der Waals surface area (Å²) in [4.78, 5) is 22.7. The number of carboxylic acid groups (broad SMARTS) is 1. The van der Waals surface area contributed by atoms with Crippen LogP contribution in [-0.4, -0.2) is 22.6 Å². The second-order valence-electron chi connectivity index (χ2n) is 4.08. The number of rotatable bonds is 4. The zero-order valence-corrected chi connectivity index (χ0v) is 12.3. The molecule has 5 nitrogen and oxygen atoms in total. The summed E-state index contributed by atoms with van der Waals surface area (Å²) in [7, 11) is 0. The number of aliphatic carboxylic acids is 1. The highest BCUT2D eigenvalue weighted by Gasteiger charge is 2.32. The Bertz CT molecular complexity index is 447. The minimum atomic E-state index is -1.26. The molecular formula is C12H15IN2O3.